The number of hydrogen-bond acceptors (Lipinski definition) is 4. The fourth-order valence-corrected chi connectivity index (χ4v) is 7.45. The fourth-order valence-electron chi connectivity index (χ4n) is 7.45. The Labute approximate surface area is 333 Å². The van der Waals surface area contributed by atoms with Crippen LogP contribution >= 0.6 is 0 Å². The van der Waals surface area contributed by atoms with E-state index in [0.29, 0.717) is 5.92 Å². The number of hydrogen-bond donors (Lipinski definition) is 1. The summed E-state index contributed by atoms with van der Waals surface area (Å²) in [6.45, 7) is 28.0. The molecule has 1 radical (unpaired) electrons. The first-order valence-electron chi connectivity index (χ1n) is 19.5. The third-order valence-electron chi connectivity index (χ3n) is 10.6. The van der Waals surface area contributed by atoms with Gasteiger partial charge in [-0.15, -0.1) is 29.1 Å². The van der Waals surface area contributed by atoms with Gasteiger partial charge in [0, 0.05) is 54.8 Å². The zero-order valence-electron chi connectivity index (χ0n) is 34.5. The van der Waals surface area contributed by atoms with Gasteiger partial charge in [-0.1, -0.05) is 110 Å². The van der Waals surface area contributed by atoms with Gasteiger partial charge in [0.1, 0.15) is 11.3 Å². The number of fused-ring (bicyclic) bond motifs is 2. The van der Waals surface area contributed by atoms with Crippen LogP contribution in [0.1, 0.15) is 122 Å². The van der Waals surface area contributed by atoms with E-state index < -0.39 is 0 Å². The molecule has 53 heavy (non-hydrogen) atoms. The number of furan rings is 1. The van der Waals surface area contributed by atoms with E-state index >= 15 is 0 Å². The monoisotopic (exact) mass is 893 g/mol. The van der Waals surface area contributed by atoms with Crippen LogP contribution in [0.5, 0.6) is 0 Å². The topological polar surface area (TPSA) is 63.3 Å². The van der Waals surface area contributed by atoms with Crippen molar-refractivity contribution in [3.05, 3.63) is 100 Å². The van der Waals surface area contributed by atoms with Crippen molar-refractivity contribution in [2.45, 2.75) is 128 Å². The minimum atomic E-state index is -0.00203. The van der Waals surface area contributed by atoms with Crippen molar-refractivity contribution in [2.75, 3.05) is 0 Å². The molecule has 0 amide bonds. The molecular weight excluding hydrogens is 831 g/mol. The maximum Gasteiger partial charge on any atom is 0.162 e. The van der Waals surface area contributed by atoms with Gasteiger partial charge in [0.2, 0.25) is 0 Å². The van der Waals surface area contributed by atoms with Crippen LogP contribution < -0.4 is 0 Å². The van der Waals surface area contributed by atoms with Gasteiger partial charge in [-0.05, 0) is 93.4 Å². The fraction of sp³-hybridized carbons (Fsp3) is 0.458. The average Bonchev–Trinajstić information content (AvgIpc) is 3.37. The number of nitrogens with zero attached hydrogens (tertiary/aromatic N) is 1. The molecular formula is C48H62IrNO3-. The summed E-state index contributed by atoms with van der Waals surface area (Å²) in [5.41, 5.74) is 12.5. The van der Waals surface area contributed by atoms with Gasteiger partial charge < -0.3 is 9.52 Å². The number of aromatic nitrogens is 1. The number of carbonyl (C=O) groups excluding carboxylic acids is 1. The molecule has 5 rings (SSSR count). The van der Waals surface area contributed by atoms with Crippen molar-refractivity contribution < 1.29 is 34.4 Å². The minimum Gasteiger partial charge on any atom is -0.512 e. The number of carbonyl (C=O) groups is 1. The van der Waals surface area contributed by atoms with Crippen LogP contribution in [0.4, 0.5) is 0 Å². The normalized spacial score (nSPS) is 12.1. The molecule has 0 atom stereocenters. The molecule has 0 unspecified atom stereocenters. The van der Waals surface area contributed by atoms with E-state index in [1.807, 2.05) is 34.6 Å². The number of rotatable bonds is 11. The summed E-state index contributed by atoms with van der Waals surface area (Å²) in [4.78, 5) is 16.9. The van der Waals surface area contributed by atoms with Gasteiger partial charge in [0.05, 0.1) is 5.76 Å². The maximum atomic E-state index is 11.7. The number of aliphatic hydroxyl groups is 1. The van der Waals surface area contributed by atoms with Crippen molar-refractivity contribution in [3.8, 4) is 22.4 Å². The molecule has 2 aromatic heterocycles. The molecule has 1 N–H and O–H groups in total. The number of allylic oxidation sites excluding steroid dienone is 2. The zero-order valence-corrected chi connectivity index (χ0v) is 36.9. The standard InChI is InChI=1S/C35H38NO.C13H24O2.Ir/c1-20(2)14-25-15-21(3)32(22(4)16-25)29-19-31(36-33-23(5)24(6)37-34(29)33)27-17-26-12-10-11-13-28(26)30(18-27)35(7,8)9;1-5-10(6-2)12(14)9-13(15)11(7-3)8-4;/h10-13,15-16,18-20H,14H2,1-9H3;9-11,14H,5-8H2,1-4H3;/q-1;;/b;12-9-;. The summed E-state index contributed by atoms with van der Waals surface area (Å²) in [6.07, 6.45) is 5.99. The molecule has 0 aliphatic carbocycles. The molecule has 0 aliphatic heterocycles. The van der Waals surface area contributed by atoms with Gasteiger partial charge in [-0.3, -0.25) is 9.78 Å². The molecule has 0 spiro atoms. The Balaban J connectivity index is 0.000000403. The smallest absolute Gasteiger partial charge is 0.162 e. The summed E-state index contributed by atoms with van der Waals surface area (Å²) in [5, 5.41) is 12.1. The first-order valence-corrected chi connectivity index (χ1v) is 19.5. The van der Waals surface area contributed by atoms with Crippen LogP contribution in [-0.2, 0) is 36.7 Å². The van der Waals surface area contributed by atoms with Crippen molar-refractivity contribution in [1.29, 1.82) is 0 Å². The van der Waals surface area contributed by atoms with E-state index in [1.54, 1.807) is 0 Å². The van der Waals surface area contributed by atoms with Gasteiger partial charge >= 0.3 is 0 Å². The van der Waals surface area contributed by atoms with Gasteiger partial charge in [-0.25, -0.2) is 0 Å². The number of ketones is 1. The van der Waals surface area contributed by atoms with Gasteiger partial charge in [-0.2, -0.15) is 0 Å². The van der Waals surface area contributed by atoms with E-state index in [0.717, 1.165) is 76.7 Å². The second-order valence-corrected chi connectivity index (χ2v) is 16.1. The van der Waals surface area contributed by atoms with Crippen molar-refractivity contribution in [1.82, 2.24) is 4.98 Å². The molecule has 5 heteroatoms. The predicted molar refractivity (Wildman–Crippen MR) is 221 cm³/mol. The third-order valence-corrected chi connectivity index (χ3v) is 10.6. The Morgan fingerprint density at radius 1 is 0.887 bits per heavy atom. The van der Waals surface area contributed by atoms with E-state index in [2.05, 4.69) is 110 Å². The average molecular weight is 893 g/mol. The Morgan fingerprint density at radius 2 is 1.47 bits per heavy atom. The summed E-state index contributed by atoms with van der Waals surface area (Å²) in [7, 11) is 0. The Bertz CT molecular complexity index is 2030. The number of aliphatic hydroxyl groups excluding tert-OH is 1. The number of pyridine rings is 1. The van der Waals surface area contributed by atoms with Crippen LogP contribution in [-0.4, -0.2) is 15.9 Å². The molecule has 0 aliphatic rings. The van der Waals surface area contributed by atoms with Crippen LogP contribution in [0, 0.1) is 51.5 Å². The van der Waals surface area contributed by atoms with E-state index in [1.165, 1.54) is 39.3 Å². The first-order chi connectivity index (χ1) is 24.5. The summed E-state index contributed by atoms with van der Waals surface area (Å²) in [5.74, 6) is 2.09. The minimum absolute atomic E-state index is 0. The number of aryl methyl sites for hydroxylation is 4. The Hall–Kier alpha value is -3.53. The largest absolute Gasteiger partial charge is 0.512 e. The molecule has 0 saturated carbocycles. The van der Waals surface area contributed by atoms with Crippen LogP contribution in [0.2, 0.25) is 0 Å². The molecule has 4 nitrogen and oxygen atoms in total. The second kappa shape index (κ2) is 18.7. The summed E-state index contributed by atoms with van der Waals surface area (Å²) < 4.78 is 6.36. The van der Waals surface area contributed by atoms with Crippen molar-refractivity contribution in [2.24, 2.45) is 17.8 Å². The predicted octanol–water partition coefficient (Wildman–Crippen LogP) is 13.7. The van der Waals surface area contributed by atoms with Crippen LogP contribution in [0.15, 0.2) is 64.8 Å². The van der Waals surface area contributed by atoms with Gasteiger partial charge in [0.15, 0.2) is 11.4 Å². The third kappa shape index (κ3) is 10.2. The van der Waals surface area contributed by atoms with E-state index in [-0.39, 0.29) is 48.9 Å². The molecule has 0 saturated heterocycles. The van der Waals surface area contributed by atoms with Crippen LogP contribution in [0.25, 0.3) is 44.3 Å². The molecule has 2 heterocycles. The van der Waals surface area contributed by atoms with E-state index in [4.69, 9.17) is 9.40 Å². The van der Waals surface area contributed by atoms with E-state index in [9.17, 15) is 9.90 Å². The summed E-state index contributed by atoms with van der Waals surface area (Å²) in [6, 6.07) is 21.4. The number of benzene rings is 3. The SMILES string of the molecule is CCC(CC)C(=O)/C=C(\O)C(CC)CC.Cc1cc(CC(C)C)cc(C)c1-c1cc(-c2[c-]c3ccccc3c(C(C)(C)C)c2)nc2c(C)c(C)oc12.[Ir]. The van der Waals surface area contributed by atoms with Crippen molar-refractivity contribution >= 4 is 27.7 Å². The molecule has 5 aromatic rings. The molecule has 3 aromatic carbocycles. The molecule has 287 valence electrons. The Morgan fingerprint density at radius 3 is 2.02 bits per heavy atom. The van der Waals surface area contributed by atoms with Gasteiger partial charge in [0.25, 0.3) is 0 Å². The zero-order chi connectivity index (χ0) is 38.5. The quantitative estimate of drug-likeness (QED) is 0.0815. The first kappa shape index (κ1) is 43.9. The second-order valence-electron chi connectivity index (χ2n) is 16.1. The Kier molecular flexibility index (Phi) is 15.5. The van der Waals surface area contributed by atoms with Crippen LogP contribution in [0.3, 0.4) is 0 Å². The summed E-state index contributed by atoms with van der Waals surface area (Å²) >= 11 is 0. The maximum absolute atomic E-state index is 11.7. The molecule has 0 fully saturated rings. The van der Waals surface area contributed by atoms with Crippen molar-refractivity contribution in [3.63, 3.8) is 0 Å². The molecule has 0 bridgehead atoms.